The maximum absolute atomic E-state index is 10.8. The van der Waals surface area contributed by atoms with Crippen molar-refractivity contribution < 1.29 is 15.0 Å². The van der Waals surface area contributed by atoms with E-state index < -0.39 is 5.97 Å². The highest BCUT2D eigenvalue weighted by Gasteiger charge is 2.25. The highest BCUT2D eigenvalue weighted by atomic mass is 16.4. The zero-order valence-corrected chi connectivity index (χ0v) is 9.47. The minimum absolute atomic E-state index is 0.132. The Labute approximate surface area is 99.5 Å². The van der Waals surface area contributed by atoms with Gasteiger partial charge in [-0.05, 0) is 31.7 Å². The molecule has 0 radical (unpaired) electrons. The van der Waals surface area contributed by atoms with Crippen molar-refractivity contribution in [2.75, 3.05) is 5.32 Å². The van der Waals surface area contributed by atoms with Crippen LogP contribution in [0.3, 0.4) is 0 Å². The van der Waals surface area contributed by atoms with Crippen LogP contribution in [0.5, 0.6) is 5.75 Å². The van der Waals surface area contributed by atoms with E-state index in [9.17, 15) is 9.90 Å². The Morgan fingerprint density at radius 1 is 1.35 bits per heavy atom. The molecule has 5 nitrogen and oxygen atoms in total. The number of nitrogens with one attached hydrogen (secondary N) is 1. The van der Waals surface area contributed by atoms with Gasteiger partial charge in [-0.15, -0.1) is 0 Å². The summed E-state index contributed by atoms with van der Waals surface area (Å²) < 4.78 is 0. The minimum Gasteiger partial charge on any atom is -0.504 e. The highest BCUT2D eigenvalue weighted by Crippen LogP contribution is 2.29. The first-order valence-electron chi connectivity index (χ1n) is 5.79. The van der Waals surface area contributed by atoms with Crippen LogP contribution in [-0.2, 0) is 4.79 Å². The van der Waals surface area contributed by atoms with Crippen LogP contribution in [0, 0.1) is 5.92 Å². The van der Waals surface area contributed by atoms with Gasteiger partial charge in [-0.1, -0.05) is 0 Å². The molecule has 1 aliphatic rings. The van der Waals surface area contributed by atoms with Gasteiger partial charge in [0.05, 0.1) is 17.8 Å². The summed E-state index contributed by atoms with van der Waals surface area (Å²) in [6.45, 7) is 0. The van der Waals surface area contributed by atoms with Gasteiger partial charge in [-0.2, -0.15) is 0 Å². The van der Waals surface area contributed by atoms with Crippen LogP contribution in [-0.4, -0.2) is 27.2 Å². The normalized spacial score (nSPS) is 24.2. The average Bonchev–Trinajstić information content (AvgIpc) is 2.33. The number of anilines is 1. The van der Waals surface area contributed by atoms with Crippen LogP contribution in [0.2, 0.25) is 0 Å². The molecular formula is C12H16N2O3. The van der Waals surface area contributed by atoms with Crippen molar-refractivity contribution in [1.82, 2.24) is 4.98 Å². The van der Waals surface area contributed by atoms with E-state index >= 15 is 0 Å². The summed E-state index contributed by atoms with van der Waals surface area (Å²) >= 11 is 0. The van der Waals surface area contributed by atoms with E-state index in [1.54, 1.807) is 12.3 Å². The number of carboxylic acids is 1. The van der Waals surface area contributed by atoms with Gasteiger partial charge >= 0.3 is 5.97 Å². The van der Waals surface area contributed by atoms with Crippen molar-refractivity contribution in [3.05, 3.63) is 18.5 Å². The molecule has 2 rings (SSSR count). The van der Waals surface area contributed by atoms with E-state index in [-0.39, 0.29) is 17.7 Å². The first-order valence-corrected chi connectivity index (χ1v) is 5.79. The molecule has 0 spiro atoms. The molecule has 92 valence electrons. The maximum Gasteiger partial charge on any atom is 0.306 e. The number of hydrogen-bond donors (Lipinski definition) is 3. The van der Waals surface area contributed by atoms with E-state index in [4.69, 9.17) is 5.11 Å². The maximum atomic E-state index is 10.8. The third-order valence-corrected chi connectivity index (χ3v) is 3.24. The Kier molecular flexibility index (Phi) is 3.46. The molecule has 1 aliphatic carbocycles. The van der Waals surface area contributed by atoms with E-state index in [0.717, 1.165) is 12.8 Å². The molecule has 5 heteroatoms. The largest absolute Gasteiger partial charge is 0.504 e. The number of pyridine rings is 1. The minimum atomic E-state index is -0.699. The molecule has 1 aromatic rings. The molecule has 0 unspecified atom stereocenters. The van der Waals surface area contributed by atoms with Crippen molar-refractivity contribution in [2.24, 2.45) is 5.92 Å². The summed E-state index contributed by atoms with van der Waals surface area (Å²) in [6, 6.07) is 1.96. The van der Waals surface area contributed by atoms with Crippen molar-refractivity contribution in [3.8, 4) is 5.75 Å². The molecule has 1 saturated carbocycles. The van der Waals surface area contributed by atoms with E-state index in [2.05, 4.69) is 10.3 Å². The highest BCUT2D eigenvalue weighted by molar-refractivity contribution is 5.70. The van der Waals surface area contributed by atoms with Crippen LogP contribution in [0.25, 0.3) is 0 Å². The summed E-state index contributed by atoms with van der Waals surface area (Å²) in [5.74, 6) is -0.776. The summed E-state index contributed by atoms with van der Waals surface area (Å²) in [4.78, 5) is 14.6. The number of carboxylic acid groups (broad SMARTS) is 1. The predicted molar refractivity (Wildman–Crippen MR) is 62.9 cm³/mol. The fourth-order valence-electron chi connectivity index (χ4n) is 2.21. The Morgan fingerprint density at radius 3 is 2.65 bits per heavy atom. The lowest BCUT2D eigenvalue weighted by Crippen LogP contribution is -2.29. The van der Waals surface area contributed by atoms with Gasteiger partial charge in [-0.3, -0.25) is 9.78 Å². The molecule has 0 aliphatic heterocycles. The van der Waals surface area contributed by atoms with Crippen molar-refractivity contribution in [1.29, 1.82) is 0 Å². The molecule has 1 fully saturated rings. The SMILES string of the molecule is O=C(O)C1CCC(Nc2ccncc2O)CC1. The Balaban J connectivity index is 1.90. The summed E-state index contributed by atoms with van der Waals surface area (Å²) in [7, 11) is 0. The number of aliphatic carboxylic acids is 1. The quantitative estimate of drug-likeness (QED) is 0.746. The molecule has 0 bridgehead atoms. The molecule has 17 heavy (non-hydrogen) atoms. The molecule has 0 amide bonds. The summed E-state index contributed by atoms with van der Waals surface area (Å²) in [5.41, 5.74) is 0.666. The lowest BCUT2D eigenvalue weighted by molar-refractivity contribution is -0.142. The predicted octanol–water partition coefficient (Wildman–Crippen LogP) is 1.84. The molecule has 0 aromatic carbocycles. The average molecular weight is 236 g/mol. The van der Waals surface area contributed by atoms with Gasteiger partial charge in [0.1, 0.15) is 0 Å². The third kappa shape index (κ3) is 2.87. The lowest BCUT2D eigenvalue weighted by atomic mass is 9.86. The molecule has 3 N–H and O–H groups in total. The lowest BCUT2D eigenvalue weighted by Gasteiger charge is -2.27. The number of aromatic hydroxyl groups is 1. The monoisotopic (exact) mass is 236 g/mol. The van der Waals surface area contributed by atoms with Crippen LogP contribution in [0.1, 0.15) is 25.7 Å². The van der Waals surface area contributed by atoms with Gasteiger partial charge in [-0.25, -0.2) is 0 Å². The molecular weight excluding hydrogens is 220 g/mol. The number of hydrogen-bond acceptors (Lipinski definition) is 4. The molecule has 1 heterocycles. The van der Waals surface area contributed by atoms with Crippen molar-refractivity contribution in [2.45, 2.75) is 31.7 Å². The van der Waals surface area contributed by atoms with Gasteiger partial charge in [0.15, 0.2) is 5.75 Å². The second kappa shape index (κ2) is 5.03. The second-order valence-corrected chi connectivity index (χ2v) is 4.42. The van der Waals surface area contributed by atoms with Crippen LogP contribution < -0.4 is 5.32 Å². The van der Waals surface area contributed by atoms with Crippen LogP contribution in [0.4, 0.5) is 5.69 Å². The number of carbonyl (C=O) groups is 1. The van der Waals surface area contributed by atoms with Crippen molar-refractivity contribution >= 4 is 11.7 Å². The molecule has 0 saturated heterocycles. The zero-order chi connectivity index (χ0) is 12.3. The van der Waals surface area contributed by atoms with Crippen LogP contribution in [0.15, 0.2) is 18.5 Å². The van der Waals surface area contributed by atoms with Gasteiger partial charge in [0, 0.05) is 12.2 Å². The number of aromatic nitrogens is 1. The fourth-order valence-corrected chi connectivity index (χ4v) is 2.21. The van der Waals surface area contributed by atoms with Crippen LogP contribution >= 0.6 is 0 Å². The summed E-state index contributed by atoms with van der Waals surface area (Å²) in [5, 5.41) is 21.7. The van der Waals surface area contributed by atoms with E-state index in [0.29, 0.717) is 18.5 Å². The Bertz CT molecular complexity index is 400. The van der Waals surface area contributed by atoms with Gasteiger partial charge in [0.2, 0.25) is 0 Å². The molecule has 0 atom stereocenters. The smallest absolute Gasteiger partial charge is 0.306 e. The molecule has 1 aromatic heterocycles. The van der Waals surface area contributed by atoms with E-state index in [1.807, 2.05) is 0 Å². The second-order valence-electron chi connectivity index (χ2n) is 4.42. The fraction of sp³-hybridized carbons (Fsp3) is 0.500. The standard InChI is InChI=1S/C12H16N2O3/c15-11-7-13-6-5-10(11)14-9-3-1-8(2-4-9)12(16)17/h5-9,15H,1-4H2,(H,13,14)(H,16,17). The number of nitrogens with zero attached hydrogens (tertiary/aromatic N) is 1. The van der Waals surface area contributed by atoms with E-state index in [1.165, 1.54) is 6.20 Å². The zero-order valence-electron chi connectivity index (χ0n) is 9.47. The first kappa shape index (κ1) is 11.7. The van der Waals surface area contributed by atoms with Crippen molar-refractivity contribution in [3.63, 3.8) is 0 Å². The summed E-state index contributed by atoms with van der Waals surface area (Å²) in [6.07, 6.45) is 6.03. The Hall–Kier alpha value is -1.78. The number of rotatable bonds is 3. The van der Waals surface area contributed by atoms with Gasteiger partial charge in [0.25, 0.3) is 0 Å². The Morgan fingerprint density at radius 2 is 2.06 bits per heavy atom. The first-order chi connectivity index (χ1) is 8.16. The topological polar surface area (TPSA) is 82.5 Å². The third-order valence-electron chi connectivity index (χ3n) is 3.24. The van der Waals surface area contributed by atoms with Gasteiger partial charge < -0.3 is 15.5 Å².